The second kappa shape index (κ2) is 13.9. The molecule has 1 aromatic carbocycles. The molecule has 1 atom stereocenters. The first-order chi connectivity index (χ1) is 13.7. The molecule has 1 rings (SSSR count). The summed E-state index contributed by atoms with van der Waals surface area (Å²) in [6, 6.07) is 7.11. The van der Waals surface area contributed by atoms with Crippen LogP contribution in [0.5, 0.6) is 5.75 Å². The minimum absolute atomic E-state index is 0. The third-order valence-corrected chi connectivity index (χ3v) is 4.37. The van der Waals surface area contributed by atoms with Gasteiger partial charge in [0.25, 0.3) is 0 Å². The summed E-state index contributed by atoms with van der Waals surface area (Å²) in [7, 11) is 0. The maximum absolute atomic E-state index is 12.4. The average molecular weight is 477 g/mol. The zero-order valence-electron chi connectivity index (χ0n) is 16.9. The fourth-order valence-electron chi connectivity index (χ4n) is 2.52. The second-order valence-corrected chi connectivity index (χ2v) is 6.56. The van der Waals surface area contributed by atoms with Crippen molar-refractivity contribution in [1.82, 2.24) is 0 Å². The Kier molecular flexibility index (Phi) is 12.9. The summed E-state index contributed by atoms with van der Waals surface area (Å²) >= 11 is 0. The van der Waals surface area contributed by atoms with E-state index in [0.717, 1.165) is 24.8 Å². The Bertz CT molecular complexity index is 727. The number of esters is 1. The molecule has 0 aromatic heterocycles. The number of rotatable bonds is 11. The molecule has 1 aromatic rings. The molecule has 0 spiro atoms. The number of allylic oxidation sites excluding steroid dienone is 1. The molecule has 0 aliphatic rings. The van der Waals surface area contributed by atoms with Crippen LogP contribution in [0.25, 0.3) is 4.85 Å². The summed E-state index contributed by atoms with van der Waals surface area (Å²) in [5.74, 6) is -2.53. The molecule has 0 aliphatic heterocycles. The van der Waals surface area contributed by atoms with Gasteiger partial charge in [0.1, 0.15) is 5.75 Å². The number of hydrogen-bond donors (Lipinski definition) is 1. The monoisotopic (exact) mass is 476 g/mol. The van der Waals surface area contributed by atoms with Gasteiger partial charge in [0.2, 0.25) is 5.76 Å². The van der Waals surface area contributed by atoms with Crippen molar-refractivity contribution in [3.05, 3.63) is 52.7 Å². The predicted octanol–water partition coefficient (Wildman–Crippen LogP) is 5.62. The smallest absolute Gasteiger partial charge is 0.438 e. The molecule has 1 radical (unpaired) electrons. The van der Waals surface area contributed by atoms with Crippen molar-refractivity contribution in [1.29, 1.82) is 0 Å². The fourth-order valence-corrected chi connectivity index (χ4v) is 2.52. The van der Waals surface area contributed by atoms with Gasteiger partial charge >= 0.3 is 17.8 Å². The van der Waals surface area contributed by atoms with Crippen molar-refractivity contribution in [2.45, 2.75) is 52.1 Å². The summed E-state index contributed by atoms with van der Waals surface area (Å²) in [4.78, 5) is 14.0. The third-order valence-electron chi connectivity index (χ3n) is 4.37. The topological polar surface area (TPSA) is 60.1 Å². The molecule has 1 N–H and O–H groups in total. The number of unbranched alkanes of at least 4 members (excludes halogenated alkanes) is 1. The van der Waals surface area contributed by atoms with Gasteiger partial charge in [-0.3, -0.25) is 4.79 Å². The van der Waals surface area contributed by atoms with Crippen LogP contribution < -0.4 is 4.74 Å². The van der Waals surface area contributed by atoms with E-state index in [1.54, 1.807) is 24.3 Å². The van der Waals surface area contributed by atoms with Gasteiger partial charge in [-0.25, -0.2) is 4.85 Å². The minimum Gasteiger partial charge on any atom is -0.515 e. The number of hydrogen-bond acceptors (Lipinski definition) is 4. The number of alkyl halides is 3. The quantitative estimate of drug-likeness (QED) is 0.148. The van der Waals surface area contributed by atoms with Crippen LogP contribution in [-0.2, 0) is 33.0 Å². The summed E-state index contributed by atoms with van der Waals surface area (Å²) in [6.07, 6.45) is -0.431. The molecule has 5 nitrogen and oxygen atoms in total. The molecular formula is C21H26CuF3NO4. The van der Waals surface area contributed by atoms with Gasteiger partial charge in [-0.15, -0.1) is 0 Å². The first kappa shape index (κ1) is 27.8. The second-order valence-electron chi connectivity index (χ2n) is 6.56. The Morgan fingerprint density at radius 3 is 2.37 bits per heavy atom. The van der Waals surface area contributed by atoms with Crippen LogP contribution in [0.4, 0.5) is 13.2 Å². The molecule has 0 fully saturated rings. The van der Waals surface area contributed by atoms with E-state index in [-0.39, 0.29) is 30.1 Å². The van der Waals surface area contributed by atoms with E-state index in [1.165, 1.54) is 6.42 Å². The van der Waals surface area contributed by atoms with Gasteiger partial charge in [-0.05, 0) is 30.0 Å². The Labute approximate surface area is 185 Å². The molecule has 171 valence electrons. The van der Waals surface area contributed by atoms with Crippen LogP contribution in [-0.4, -0.2) is 30.5 Å². The normalized spacial score (nSPS) is 12.8. The zero-order valence-corrected chi connectivity index (χ0v) is 17.8. The van der Waals surface area contributed by atoms with E-state index in [2.05, 4.69) is 23.4 Å². The van der Waals surface area contributed by atoms with Crippen LogP contribution >= 0.6 is 0 Å². The zero-order chi connectivity index (χ0) is 21.9. The SMILES string of the molecule is [C-]#[N+]C(C(=O)OCCc1ccc(OCC(CC)CCCC)cc1)=C(O)C(F)(F)F.[Cu]. The van der Waals surface area contributed by atoms with E-state index in [9.17, 15) is 18.0 Å². The van der Waals surface area contributed by atoms with Crippen molar-refractivity contribution >= 4 is 5.97 Å². The molecule has 9 heteroatoms. The maximum atomic E-state index is 12.4. The molecule has 1 unspecified atom stereocenters. The molecule has 30 heavy (non-hydrogen) atoms. The minimum atomic E-state index is -5.18. The molecule has 0 bridgehead atoms. The van der Waals surface area contributed by atoms with Gasteiger partial charge in [0.05, 0.1) is 19.8 Å². The molecular weight excluding hydrogens is 451 g/mol. The fraction of sp³-hybridized carbons (Fsp3) is 0.524. The number of halogens is 3. The number of nitrogens with zero attached hydrogens (tertiary/aromatic N) is 1. The van der Waals surface area contributed by atoms with Crippen molar-refractivity contribution in [3.63, 3.8) is 0 Å². The van der Waals surface area contributed by atoms with Crippen LogP contribution in [0.2, 0.25) is 0 Å². The molecule has 0 heterocycles. The summed E-state index contributed by atoms with van der Waals surface area (Å²) in [6.45, 7) is 11.3. The van der Waals surface area contributed by atoms with Crippen molar-refractivity contribution in [3.8, 4) is 5.75 Å². The largest absolute Gasteiger partial charge is 0.515 e. The van der Waals surface area contributed by atoms with Crippen molar-refractivity contribution in [2.75, 3.05) is 13.2 Å². The van der Waals surface area contributed by atoms with Gasteiger partial charge in [0.15, 0.2) is 0 Å². The maximum Gasteiger partial charge on any atom is 0.438 e. The van der Waals surface area contributed by atoms with Gasteiger partial charge in [0, 0.05) is 23.5 Å². The number of aliphatic hydroxyl groups is 1. The summed E-state index contributed by atoms with van der Waals surface area (Å²) in [5.41, 5.74) is -0.689. The van der Waals surface area contributed by atoms with Gasteiger partial charge < -0.3 is 14.6 Å². The number of ether oxygens (including phenoxy) is 2. The molecule has 0 saturated heterocycles. The number of aliphatic hydroxyl groups excluding tert-OH is 1. The van der Waals surface area contributed by atoms with Crippen LogP contribution in [0, 0.1) is 12.5 Å². The first-order valence-electron chi connectivity index (χ1n) is 9.49. The predicted molar refractivity (Wildman–Crippen MR) is 102 cm³/mol. The summed E-state index contributed by atoms with van der Waals surface area (Å²) < 4.78 is 47.7. The first-order valence-corrected chi connectivity index (χ1v) is 9.49. The van der Waals surface area contributed by atoms with E-state index < -0.39 is 23.6 Å². The van der Waals surface area contributed by atoms with Crippen molar-refractivity contribution in [2.24, 2.45) is 5.92 Å². The summed E-state index contributed by atoms with van der Waals surface area (Å²) in [5, 5.41) is 8.94. The average Bonchev–Trinajstić information content (AvgIpc) is 2.69. The van der Waals surface area contributed by atoms with Crippen LogP contribution in [0.3, 0.4) is 0 Å². The third kappa shape index (κ3) is 9.55. The Morgan fingerprint density at radius 2 is 1.87 bits per heavy atom. The van der Waals surface area contributed by atoms with Crippen LogP contribution in [0.1, 0.15) is 45.1 Å². The van der Waals surface area contributed by atoms with E-state index in [4.69, 9.17) is 16.4 Å². The molecule has 0 saturated carbocycles. The Morgan fingerprint density at radius 1 is 1.23 bits per heavy atom. The van der Waals surface area contributed by atoms with Gasteiger partial charge in [-0.1, -0.05) is 45.2 Å². The molecule has 0 aliphatic carbocycles. The van der Waals surface area contributed by atoms with Gasteiger partial charge in [-0.2, -0.15) is 13.2 Å². The van der Waals surface area contributed by atoms with Crippen molar-refractivity contribution < 1.29 is 49.6 Å². The number of carbonyl (C=O) groups excluding carboxylic acids is 1. The van der Waals surface area contributed by atoms with E-state index >= 15 is 0 Å². The van der Waals surface area contributed by atoms with Crippen LogP contribution in [0.15, 0.2) is 35.7 Å². The molecule has 0 amide bonds. The van der Waals surface area contributed by atoms with E-state index in [0.29, 0.717) is 18.3 Å². The standard InChI is InChI=1S/C21H26F3NO4.Cu/c1-4-6-7-15(5-2)14-29-17-10-8-16(9-11-17)12-13-28-20(27)18(25-3)19(26)21(22,23)24;/h8-11,15,26H,4-7,12-14H2,1-2H3;. The van der Waals surface area contributed by atoms with E-state index in [1.807, 2.05) is 0 Å². The number of carbonyl (C=O) groups is 1. The Balaban J connectivity index is 0.00000841. The number of benzene rings is 1. The Hall–Kier alpha value is -2.17.